The van der Waals surface area contributed by atoms with Gasteiger partial charge in [-0.3, -0.25) is 4.79 Å². The minimum Gasteiger partial charge on any atom is -0.461 e. The van der Waals surface area contributed by atoms with E-state index >= 15 is 0 Å². The Morgan fingerprint density at radius 2 is 2.15 bits per heavy atom. The molecule has 20 heavy (non-hydrogen) atoms. The molecule has 0 spiro atoms. The van der Waals surface area contributed by atoms with Gasteiger partial charge in [0, 0.05) is 8.95 Å². The second-order valence-electron chi connectivity index (χ2n) is 3.69. The summed E-state index contributed by atoms with van der Waals surface area (Å²) < 4.78 is 5.76. The van der Waals surface area contributed by atoms with E-state index in [1.165, 1.54) is 5.38 Å². The lowest BCUT2D eigenvalue weighted by atomic mass is 10.3. The summed E-state index contributed by atoms with van der Waals surface area (Å²) in [6.45, 7) is 2.00. The third-order valence-electron chi connectivity index (χ3n) is 2.31. The van der Waals surface area contributed by atoms with E-state index in [4.69, 9.17) is 4.74 Å². The molecule has 1 N–H and O–H groups in total. The van der Waals surface area contributed by atoms with Crippen LogP contribution < -0.4 is 5.32 Å². The molecule has 0 fully saturated rings. The summed E-state index contributed by atoms with van der Waals surface area (Å²) in [6.07, 6.45) is 0. The molecule has 0 aliphatic heterocycles. The van der Waals surface area contributed by atoms with Crippen LogP contribution in [-0.4, -0.2) is 23.5 Å². The van der Waals surface area contributed by atoms with Gasteiger partial charge in [-0.1, -0.05) is 12.1 Å². The molecule has 1 aromatic carbocycles. The van der Waals surface area contributed by atoms with E-state index in [-0.39, 0.29) is 23.2 Å². The largest absolute Gasteiger partial charge is 0.461 e. The average molecular weight is 402 g/mol. The van der Waals surface area contributed by atoms with E-state index in [9.17, 15) is 9.59 Å². The van der Waals surface area contributed by atoms with Gasteiger partial charge >= 0.3 is 5.97 Å². The quantitative estimate of drug-likeness (QED) is 0.630. The lowest BCUT2D eigenvalue weighted by Crippen LogP contribution is -2.14. The Balaban J connectivity index is 2.11. The molecule has 1 heterocycles. The summed E-state index contributed by atoms with van der Waals surface area (Å²) in [5.74, 6) is -0.855. The molecule has 0 radical (unpaired) electrons. The zero-order valence-corrected chi connectivity index (χ0v) is 13.5. The normalized spacial score (nSPS) is 10.1. The lowest BCUT2D eigenvalue weighted by Gasteiger charge is -2.04. The van der Waals surface area contributed by atoms with Crippen LogP contribution in [0.15, 0.2) is 29.6 Å². The van der Waals surface area contributed by atoms with E-state index in [1.54, 1.807) is 13.0 Å². The Morgan fingerprint density at radius 3 is 2.85 bits per heavy atom. The molecule has 0 saturated heterocycles. The Hall–Kier alpha value is -1.48. The fourth-order valence-electron chi connectivity index (χ4n) is 1.41. The van der Waals surface area contributed by atoms with Gasteiger partial charge in [0.05, 0.1) is 12.3 Å². The van der Waals surface area contributed by atoms with Crippen molar-refractivity contribution in [1.29, 1.82) is 0 Å². The van der Waals surface area contributed by atoms with Crippen molar-refractivity contribution in [3.63, 3.8) is 0 Å². The van der Waals surface area contributed by atoms with Crippen LogP contribution in [0.1, 0.15) is 27.2 Å². The van der Waals surface area contributed by atoms with Gasteiger partial charge in [-0.25, -0.2) is 9.78 Å². The first-order valence-corrected chi connectivity index (χ1v) is 7.76. The number of amides is 1. The number of hydrogen-bond donors (Lipinski definition) is 1. The van der Waals surface area contributed by atoms with E-state index in [1.807, 2.05) is 18.2 Å². The van der Waals surface area contributed by atoms with Gasteiger partial charge in [-0.15, -0.1) is 11.3 Å². The van der Waals surface area contributed by atoms with Crippen molar-refractivity contribution in [2.45, 2.75) is 6.92 Å². The van der Waals surface area contributed by atoms with Crippen molar-refractivity contribution < 1.29 is 14.3 Å². The predicted molar refractivity (Wildman–Crippen MR) is 85.2 cm³/mol. The van der Waals surface area contributed by atoms with E-state index in [0.29, 0.717) is 5.69 Å². The Kier molecular flexibility index (Phi) is 5.07. The summed E-state index contributed by atoms with van der Waals surface area (Å²) in [7, 11) is 0. The number of carbonyl (C=O) groups excluding carboxylic acids is 2. The first kappa shape index (κ1) is 14.9. The molecule has 1 amide bonds. The van der Waals surface area contributed by atoms with Crippen molar-refractivity contribution in [1.82, 2.24) is 4.98 Å². The summed E-state index contributed by atoms with van der Waals surface area (Å²) in [5.41, 5.74) is 0.918. The molecule has 0 atom stereocenters. The van der Waals surface area contributed by atoms with Crippen LogP contribution in [0.4, 0.5) is 5.69 Å². The lowest BCUT2D eigenvalue weighted by molar-refractivity contribution is 0.0526. The third kappa shape index (κ3) is 3.54. The van der Waals surface area contributed by atoms with E-state index in [2.05, 4.69) is 32.9 Å². The van der Waals surface area contributed by atoms with Crippen LogP contribution in [-0.2, 0) is 4.74 Å². The van der Waals surface area contributed by atoms with Gasteiger partial charge in [0.2, 0.25) is 5.01 Å². The van der Waals surface area contributed by atoms with Crippen LogP contribution in [0.2, 0.25) is 0 Å². The molecule has 1 aromatic heterocycles. The second-order valence-corrected chi connectivity index (χ2v) is 5.71. The number of anilines is 1. The number of halogens is 1. The first-order chi connectivity index (χ1) is 9.61. The number of rotatable bonds is 4. The zero-order chi connectivity index (χ0) is 14.5. The van der Waals surface area contributed by atoms with Crippen molar-refractivity contribution in [2.75, 3.05) is 11.9 Å². The van der Waals surface area contributed by atoms with E-state index in [0.717, 1.165) is 14.9 Å². The van der Waals surface area contributed by atoms with Gasteiger partial charge in [0.1, 0.15) is 5.69 Å². The maximum atomic E-state index is 12.0. The molecule has 0 aliphatic rings. The maximum absolute atomic E-state index is 12.0. The Labute approximate surface area is 133 Å². The number of nitrogens with zero attached hydrogens (tertiary/aromatic N) is 1. The first-order valence-electron chi connectivity index (χ1n) is 5.80. The van der Waals surface area contributed by atoms with E-state index < -0.39 is 5.97 Å². The molecule has 0 unspecified atom stereocenters. The van der Waals surface area contributed by atoms with Crippen LogP contribution in [0.25, 0.3) is 0 Å². The zero-order valence-electron chi connectivity index (χ0n) is 10.6. The summed E-state index contributed by atoms with van der Waals surface area (Å²) in [4.78, 5) is 27.5. The molecule has 0 bridgehead atoms. The average Bonchev–Trinajstić information content (AvgIpc) is 2.91. The fraction of sp³-hybridized carbons (Fsp3) is 0.154. The van der Waals surface area contributed by atoms with Crippen molar-refractivity contribution >= 4 is 51.5 Å². The van der Waals surface area contributed by atoms with Crippen molar-refractivity contribution in [3.8, 4) is 0 Å². The molecular formula is C13H11IN2O3S. The highest BCUT2D eigenvalue weighted by molar-refractivity contribution is 14.1. The van der Waals surface area contributed by atoms with Crippen LogP contribution >= 0.6 is 33.9 Å². The summed E-state index contributed by atoms with van der Waals surface area (Å²) in [6, 6.07) is 7.42. The van der Waals surface area contributed by atoms with Gasteiger partial charge in [-0.05, 0) is 41.6 Å². The molecule has 7 heteroatoms. The topological polar surface area (TPSA) is 68.3 Å². The van der Waals surface area contributed by atoms with Gasteiger partial charge in [0.15, 0.2) is 0 Å². The Bertz CT molecular complexity index is 642. The number of ether oxygens (including phenoxy) is 1. The Morgan fingerprint density at radius 1 is 1.40 bits per heavy atom. The molecule has 2 rings (SSSR count). The summed E-state index contributed by atoms with van der Waals surface area (Å²) in [5, 5.41) is 4.48. The minimum absolute atomic E-state index is 0.180. The van der Waals surface area contributed by atoms with Crippen molar-refractivity contribution in [3.05, 3.63) is 43.9 Å². The van der Waals surface area contributed by atoms with Crippen LogP contribution in [0.3, 0.4) is 0 Å². The monoisotopic (exact) mass is 402 g/mol. The molecule has 0 aliphatic carbocycles. The number of para-hydroxylation sites is 1. The number of esters is 1. The number of benzene rings is 1. The van der Waals surface area contributed by atoms with Crippen molar-refractivity contribution in [2.24, 2.45) is 0 Å². The second kappa shape index (κ2) is 6.80. The highest BCUT2D eigenvalue weighted by atomic mass is 127. The highest BCUT2D eigenvalue weighted by Gasteiger charge is 2.16. The maximum Gasteiger partial charge on any atom is 0.367 e. The number of nitrogens with one attached hydrogen (secondary N) is 1. The van der Waals surface area contributed by atoms with Gasteiger partial charge in [-0.2, -0.15) is 0 Å². The molecule has 104 valence electrons. The summed E-state index contributed by atoms with van der Waals surface area (Å²) >= 11 is 3.23. The molecule has 2 aromatic rings. The molecule has 0 saturated carbocycles. The predicted octanol–water partition coefficient (Wildman–Crippen LogP) is 3.18. The molecular weight excluding hydrogens is 391 g/mol. The number of aromatic nitrogens is 1. The minimum atomic E-state index is -0.508. The highest BCUT2D eigenvalue weighted by Crippen LogP contribution is 2.18. The van der Waals surface area contributed by atoms with Crippen LogP contribution in [0.5, 0.6) is 0 Å². The van der Waals surface area contributed by atoms with Crippen LogP contribution in [0, 0.1) is 3.57 Å². The number of hydrogen-bond acceptors (Lipinski definition) is 5. The standard InChI is InChI=1S/C13H11IN2O3S/c1-2-19-13(18)12-16-10(7-20-12)11(17)15-9-6-4-3-5-8(9)14/h3-7H,2H2,1H3,(H,15,17). The molecule has 5 nitrogen and oxygen atoms in total. The number of carbonyl (C=O) groups is 2. The smallest absolute Gasteiger partial charge is 0.367 e. The number of thiazole rings is 1. The van der Waals surface area contributed by atoms with Gasteiger partial charge in [0.25, 0.3) is 5.91 Å². The fourth-order valence-corrected chi connectivity index (χ4v) is 2.62. The SMILES string of the molecule is CCOC(=O)c1nc(C(=O)Nc2ccccc2I)cs1. The third-order valence-corrected chi connectivity index (χ3v) is 4.07. The van der Waals surface area contributed by atoms with Gasteiger partial charge < -0.3 is 10.1 Å².